The molecule has 0 aromatic rings. The number of carboxylic acids is 1. The first kappa shape index (κ1) is 13.4. The normalized spacial score (nSPS) is 36.2. The van der Waals surface area contributed by atoms with Gasteiger partial charge in [-0.2, -0.15) is 0 Å². The van der Waals surface area contributed by atoms with E-state index in [4.69, 9.17) is 0 Å². The van der Waals surface area contributed by atoms with Crippen molar-refractivity contribution in [2.45, 2.75) is 64.5 Å². The van der Waals surface area contributed by atoms with E-state index in [2.05, 4.69) is 6.92 Å². The highest BCUT2D eigenvalue weighted by Gasteiger charge is 2.56. The van der Waals surface area contributed by atoms with Gasteiger partial charge in [0.2, 0.25) is 5.91 Å². The second-order valence-electron chi connectivity index (χ2n) is 6.01. The summed E-state index contributed by atoms with van der Waals surface area (Å²) >= 11 is 0. The molecule has 4 heteroatoms. The smallest absolute Gasteiger partial charge is 0.329 e. The minimum Gasteiger partial charge on any atom is -0.479 e. The fourth-order valence-electron chi connectivity index (χ4n) is 3.58. The van der Waals surface area contributed by atoms with Crippen molar-refractivity contribution in [3.63, 3.8) is 0 Å². The Hall–Kier alpha value is -1.06. The van der Waals surface area contributed by atoms with Crippen molar-refractivity contribution in [3.8, 4) is 0 Å². The van der Waals surface area contributed by atoms with Crippen molar-refractivity contribution in [2.24, 2.45) is 11.8 Å². The van der Waals surface area contributed by atoms with Gasteiger partial charge >= 0.3 is 5.97 Å². The Morgan fingerprint density at radius 3 is 2.28 bits per heavy atom. The Morgan fingerprint density at radius 1 is 1.22 bits per heavy atom. The third-order valence-corrected chi connectivity index (χ3v) is 4.88. The predicted molar refractivity (Wildman–Crippen MR) is 68.1 cm³/mol. The van der Waals surface area contributed by atoms with Crippen LogP contribution in [0.4, 0.5) is 0 Å². The van der Waals surface area contributed by atoms with Crippen LogP contribution in [-0.2, 0) is 9.59 Å². The van der Waals surface area contributed by atoms with Crippen molar-refractivity contribution in [1.29, 1.82) is 0 Å². The monoisotopic (exact) mass is 253 g/mol. The summed E-state index contributed by atoms with van der Waals surface area (Å²) in [5, 5.41) is 9.78. The van der Waals surface area contributed by atoms with Crippen molar-refractivity contribution >= 4 is 11.9 Å². The van der Waals surface area contributed by atoms with Crippen LogP contribution >= 0.6 is 0 Å². The first-order chi connectivity index (χ1) is 8.41. The van der Waals surface area contributed by atoms with E-state index in [9.17, 15) is 14.7 Å². The molecule has 18 heavy (non-hydrogen) atoms. The molecule has 4 nitrogen and oxygen atoms in total. The summed E-state index contributed by atoms with van der Waals surface area (Å²) < 4.78 is 0. The SMILES string of the molecule is CC(=O)N(C1CC1)C1(C(=O)O)CCCC(C)C1C. The Kier molecular flexibility index (Phi) is 3.39. The summed E-state index contributed by atoms with van der Waals surface area (Å²) in [6.45, 7) is 5.61. The molecule has 0 spiro atoms. The lowest BCUT2D eigenvalue weighted by Gasteiger charge is -2.49. The van der Waals surface area contributed by atoms with Crippen molar-refractivity contribution in [3.05, 3.63) is 0 Å². The van der Waals surface area contributed by atoms with Gasteiger partial charge in [-0.3, -0.25) is 4.79 Å². The first-order valence-electron chi connectivity index (χ1n) is 6.94. The predicted octanol–water partition coefficient (Wildman–Crippen LogP) is 2.28. The van der Waals surface area contributed by atoms with Crippen LogP contribution in [0.3, 0.4) is 0 Å². The van der Waals surface area contributed by atoms with Gasteiger partial charge in [0.1, 0.15) is 5.54 Å². The summed E-state index contributed by atoms with van der Waals surface area (Å²) in [7, 11) is 0. The number of nitrogens with zero attached hydrogens (tertiary/aromatic N) is 1. The average molecular weight is 253 g/mol. The van der Waals surface area contributed by atoms with Gasteiger partial charge in [-0.1, -0.05) is 26.7 Å². The van der Waals surface area contributed by atoms with E-state index in [1.165, 1.54) is 6.92 Å². The standard InChI is InChI=1S/C14H23NO3/c1-9-5-4-8-14(10(9)2,13(17)18)15(11(3)16)12-6-7-12/h9-10,12H,4-8H2,1-3H3,(H,17,18). The number of carbonyl (C=O) groups is 2. The average Bonchev–Trinajstić information content (AvgIpc) is 3.08. The van der Waals surface area contributed by atoms with E-state index in [1.807, 2.05) is 6.92 Å². The highest BCUT2D eigenvalue weighted by molar-refractivity contribution is 5.87. The second-order valence-corrected chi connectivity index (χ2v) is 6.01. The summed E-state index contributed by atoms with van der Waals surface area (Å²) in [6.07, 6.45) is 4.47. The number of carboxylic acid groups (broad SMARTS) is 1. The lowest BCUT2D eigenvalue weighted by atomic mass is 9.67. The second kappa shape index (κ2) is 4.56. The van der Waals surface area contributed by atoms with Crippen molar-refractivity contribution in [1.82, 2.24) is 4.90 Å². The van der Waals surface area contributed by atoms with Crippen LogP contribution in [0.5, 0.6) is 0 Å². The zero-order valence-corrected chi connectivity index (χ0v) is 11.5. The molecule has 2 rings (SSSR count). The molecule has 3 unspecified atom stereocenters. The highest BCUT2D eigenvalue weighted by atomic mass is 16.4. The molecule has 0 saturated heterocycles. The molecule has 2 fully saturated rings. The number of hydrogen-bond donors (Lipinski definition) is 1. The topological polar surface area (TPSA) is 57.6 Å². The van der Waals surface area contributed by atoms with Crippen molar-refractivity contribution in [2.75, 3.05) is 0 Å². The molecule has 0 bridgehead atoms. The van der Waals surface area contributed by atoms with Crippen LogP contribution in [0.1, 0.15) is 52.9 Å². The Morgan fingerprint density at radius 2 is 1.83 bits per heavy atom. The molecule has 2 aliphatic carbocycles. The van der Waals surface area contributed by atoms with E-state index in [1.54, 1.807) is 4.90 Å². The summed E-state index contributed by atoms with van der Waals surface area (Å²) in [6, 6.07) is 0.159. The van der Waals surface area contributed by atoms with E-state index in [0.717, 1.165) is 25.7 Å². The van der Waals surface area contributed by atoms with E-state index >= 15 is 0 Å². The number of aliphatic carboxylic acids is 1. The number of rotatable bonds is 3. The first-order valence-corrected chi connectivity index (χ1v) is 6.94. The van der Waals surface area contributed by atoms with Crippen LogP contribution in [0.15, 0.2) is 0 Å². The maximum Gasteiger partial charge on any atom is 0.329 e. The fraction of sp³-hybridized carbons (Fsp3) is 0.857. The Labute approximate surface area is 108 Å². The van der Waals surface area contributed by atoms with E-state index < -0.39 is 11.5 Å². The Balaban J connectivity index is 2.41. The fourth-order valence-corrected chi connectivity index (χ4v) is 3.58. The van der Waals surface area contributed by atoms with Gasteiger partial charge in [-0.05, 0) is 31.1 Å². The minimum absolute atomic E-state index is 0.0215. The van der Waals surface area contributed by atoms with Gasteiger partial charge < -0.3 is 10.0 Å². The molecule has 102 valence electrons. The van der Waals surface area contributed by atoms with E-state index in [-0.39, 0.29) is 17.9 Å². The number of carbonyl (C=O) groups excluding carboxylic acids is 1. The molecule has 0 radical (unpaired) electrons. The molecule has 2 aliphatic rings. The quantitative estimate of drug-likeness (QED) is 0.839. The van der Waals surface area contributed by atoms with Crippen LogP contribution in [0.2, 0.25) is 0 Å². The summed E-state index contributed by atoms with van der Waals surface area (Å²) in [4.78, 5) is 25.6. The molecule has 0 aromatic heterocycles. The van der Waals surface area contributed by atoms with Crippen LogP contribution < -0.4 is 0 Å². The van der Waals surface area contributed by atoms with Crippen LogP contribution in [0.25, 0.3) is 0 Å². The third-order valence-electron chi connectivity index (χ3n) is 4.88. The maximum absolute atomic E-state index is 11.9. The minimum atomic E-state index is -0.968. The Bertz CT molecular complexity index is 364. The molecule has 0 aliphatic heterocycles. The summed E-state index contributed by atoms with van der Waals surface area (Å²) in [5.74, 6) is -0.520. The molecular formula is C14H23NO3. The molecule has 3 atom stereocenters. The maximum atomic E-state index is 11.9. The molecule has 0 aromatic carbocycles. The number of hydrogen-bond acceptors (Lipinski definition) is 2. The van der Waals surface area contributed by atoms with Crippen molar-refractivity contribution < 1.29 is 14.7 Å². The van der Waals surface area contributed by atoms with Gasteiger partial charge in [-0.25, -0.2) is 4.79 Å². The summed E-state index contributed by atoms with van der Waals surface area (Å²) in [5.41, 5.74) is -0.968. The van der Waals surface area contributed by atoms with Gasteiger partial charge in [0.05, 0.1) is 0 Å². The zero-order chi connectivity index (χ0) is 13.5. The van der Waals surface area contributed by atoms with Crippen LogP contribution in [0, 0.1) is 11.8 Å². The van der Waals surface area contributed by atoms with Gasteiger partial charge in [0.15, 0.2) is 0 Å². The zero-order valence-electron chi connectivity index (χ0n) is 11.5. The van der Waals surface area contributed by atoms with Crippen LogP contribution in [-0.4, -0.2) is 33.5 Å². The molecular weight excluding hydrogens is 230 g/mol. The van der Waals surface area contributed by atoms with Gasteiger partial charge in [0, 0.05) is 13.0 Å². The van der Waals surface area contributed by atoms with E-state index in [0.29, 0.717) is 12.3 Å². The van der Waals surface area contributed by atoms with Gasteiger partial charge in [-0.15, -0.1) is 0 Å². The largest absolute Gasteiger partial charge is 0.479 e. The molecule has 0 heterocycles. The highest BCUT2D eigenvalue weighted by Crippen LogP contribution is 2.46. The molecule has 1 amide bonds. The number of amides is 1. The lowest BCUT2D eigenvalue weighted by molar-refractivity contribution is -0.168. The third kappa shape index (κ3) is 1.91. The molecule has 2 saturated carbocycles. The van der Waals surface area contributed by atoms with Gasteiger partial charge in [0.25, 0.3) is 0 Å². The molecule has 1 N–H and O–H groups in total. The lowest BCUT2D eigenvalue weighted by Crippen LogP contribution is -2.63.